The van der Waals surface area contributed by atoms with Crippen LogP contribution in [0, 0.1) is 0 Å². The van der Waals surface area contributed by atoms with E-state index in [2.05, 4.69) is 16.3 Å². The van der Waals surface area contributed by atoms with E-state index in [1.54, 1.807) is 6.92 Å². The van der Waals surface area contributed by atoms with E-state index in [0.29, 0.717) is 19.8 Å². The van der Waals surface area contributed by atoms with Gasteiger partial charge in [-0.2, -0.15) is 0 Å². The van der Waals surface area contributed by atoms with Gasteiger partial charge in [-0.25, -0.2) is 9.69 Å². The molecule has 4 rings (SSSR count). The first-order valence-corrected chi connectivity index (χ1v) is 10.8. The number of benzene rings is 2. The SMILES string of the molecule is CCOc1cc2c(cc1OCC)CN(CN1C(=O)N[C@](C)(c3ccccc3)C1=O)CC2. The van der Waals surface area contributed by atoms with E-state index >= 15 is 0 Å². The Bertz CT molecular complexity index is 978. The lowest BCUT2D eigenvalue weighted by Gasteiger charge is -2.32. The van der Waals surface area contributed by atoms with Gasteiger partial charge in [0.25, 0.3) is 5.91 Å². The summed E-state index contributed by atoms with van der Waals surface area (Å²) in [7, 11) is 0. The van der Waals surface area contributed by atoms with Crippen molar-refractivity contribution in [2.45, 2.75) is 39.3 Å². The standard InChI is InChI=1S/C24H29N3O4/c1-4-30-20-13-17-11-12-26(15-18(17)14-21(20)31-5-2)16-27-22(28)24(3,25-23(27)29)19-9-7-6-8-10-19/h6-10,13-14H,4-5,11-12,15-16H2,1-3H3,(H,25,29)/t24-/m1/s1. The Morgan fingerprint density at radius 2 is 1.65 bits per heavy atom. The van der Waals surface area contributed by atoms with Gasteiger partial charge in [-0.1, -0.05) is 30.3 Å². The minimum absolute atomic E-state index is 0.226. The minimum Gasteiger partial charge on any atom is -0.490 e. The van der Waals surface area contributed by atoms with Gasteiger partial charge in [0.2, 0.25) is 0 Å². The molecule has 0 saturated carbocycles. The van der Waals surface area contributed by atoms with E-state index in [-0.39, 0.29) is 18.6 Å². The predicted molar refractivity (Wildman–Crippen MR) is 117 cm³/mol. The molecular weight excluding hydrogens is 394 g/mol. The summed E-state index contributed by atoms with van der Waals surface area (Å²) in [5.41, 5.74) is 2.09. The lowest BCUT2D eigenvalue weighted by molar-refractivity contribution is -0.132. The van der Waals surface area contributed by atoms with Crippen LogP contribution in [0.1, 0.15) is 37.5 Å². The molecule has 1 fully saturated rings. The summed E-state index contributed by atoms with van der Waals surface area (Å²) in [6.45, 7) is 8.45. The summed E-state index contributed by atoms with van der Waals surface area (Å²) in [6.07, 6.45) is 0.821. The maximum atomic E-state index is 13.2. The van der Waals surface area contributed by atoms with Gasteiger partial charge in [-0.15, -0.1) is 0 Å². The van der Waals surface area contributed by atoms with Crippen molar-refractivity contribution in [1.29, 1.82) is 0 Å². The fourth-order valence-corrected chi connectivity index (χ4v) is 4.27. The van der Waals surface area contributed by atoms with Crippen LogP contribution >= 0.6 is 0 Å². The van der Waals surface area contributed by atoms with Crippen LogP contribution in [0.3, 0.4) is 0 Å². The Hall–Kier alpha value is -3.06. The van der Waals surface area contributed by atoms with Crippen molar-refractivity contribution >= 4 is 11.9 Å². The third kappa shape index (κ3) is 3.97. The molecule has 2 aromatic rings. The normalized spacial score (nSPS) is 21.1. The minimum atomic E-state index is -1.04. The van der Waals surface area contributed by atoms with Gasteiger partial charge in [0, 0.05) is 13.1 Å². The van der Waals surface area contributed by atoms with Crippen molar-refractivity contribution < 1.29 is 19.1 Å². The zero-order valence-corrected chi connectivity index (χ0v) is 18.3. The number of hydrogen-bond acceptors (Lipinski definition) is 5. The van der Waals surface area contributed by atoms with Gasteiger partial charge < -0.3 is 14.8 Å². The van der Waals surface area contributed by atoms with Crippen LogP contribution in [0.25, 0.3) is 0 Å². The number of hydrogen-bond donors (Lipinski definition) is 1. The highest BCUT2D eigenvalue weighted by molar-refractivity contribution is 6.07. The molecule has 3 amide bonds. The Kier molecular flexibility index (Phi) is 5.87. The largest absolute Gasteiger partial charge is 0.490 e. The number of fused-ring (bicyclic) bond motifs is 1. The predicted octanol–water partition coefficient (Wildman–Crippen LogP) is 3.27. The molecule has 2 heterocycles. The lowest BCUT2D eigenvalue weighted by Crippen LogP contribution is -2.45. The Morgan fingerprint density at radius 1 is 1.00 bits per heavy atom. The molecule has 2 aliphatic heterocycles. The van der Waals surface area contributed by atoms with Gasteiger partial charge in [-0.3, -0.25) is 9.69 Å². The molecule has 0 radical (unpaired) electrons. The smallest absolute Gasteiger partial charge is 0.326 e. The molecule has 164 valence electrons. The first kappa shape index (κ1) is 21.2. The molecule has 7 heteroatoms. The van der Waals surface area contributed by atoms with Gasteiger partial charge in [0.05, 0.1) is 19.9 Å². The number of nitrogens with zero attached hydrogens (tertiary/aromatic N) is 2. The van der Waals surface area contributed by atoms with Crippen molar-refractivity contribution in [2.24, 2.45) is 0 Å². The van der Waals surface area contributed by atoms with Crippen molar-refractivity contribution in [3.8, 4) is 11.5 Å². The van der Waals surface area contributed by atoms with Gasteiger partial charge in [-0.05, 0) is 56.0 Å². The van der Waals surface area contributed by atoms with Gasteiger partial charge in [0.1, 0.15) is 5.54 Å². The highest BCUT2D eigenvalue weighted by atomic mass is 16.5. The summed E-state index contributed by atoms with van der Waals surface area (Å²) in [5, 5.41) is 2.88. The van der Waals surface area contributed by atoms with Crippen molar-refractivity contribution in [3.05, 3.63) is 59.2 Å². The molecular formula is C24H29N3O4. The first-order chi connectivity index (χ1) is 15.0. The summed E-state index contributed by atoms with van der Waals surface area (Å²) < 4.78 is 11.5. The third-order valence-electron chi connectivity index (χ3n) is 5.92. The summed E-state index contributed by atoms with van der Waals surface area (Å²) in [5.74, 6) is 1.28. The van der Waals surface area contributed by atoms with Crippen molar-refractivity contribution in [2.75, 3.05) is 26.4 Å². The monoisotopic (exact) mass is 423 g/mol. The molecule has 1 N–H and O–H groups in total. The molecule has 1 saturated heterocycles. The van der Waals surface area contributed by atoms with Crippen LogP contribution in [0.15, 0.2) is 42.5 Å². The second-order valence-electron chi connectivity index (χ2n) is 8.03. The zero-order chi connectivity index (χ0) is 22.0. The van der Waals surface area contributed by atoms with Crippen LogP contribution in [0.2, 0.25) is 0 Å². The molecule has 0 bridgehead atoms. The number of ether oxygens (including phenoxy) is 2. The van der Waals surface area contributed by atoms with E-state index in [1.807, 2.05) is 50.2 Å². The number of urea groups is 1. The highest BCUT2D eigenvalue weighted by Crippen LogP contribution is 2.34. The van der Waals surface area contributed by atoms with E-state index in [4.69, 9.17) is 9.47 Å². The highest BCUT2D eigenvalue weighted by Gasteiger charge is 2.49. The number of carbonyl (C=O) groups excluding carboxylic acids is 2. The molecule has 31 heavy (non-hydrogen) atoms. The molecule has 2 aliphatic rings. The van der Waals surface area contributed by atoms with Crippen LogP contribution in [0.4, 0.5) is 4.79 Å². The second-order valence-corrected chi connectivity index (χ2v) is 8.03. The molecule has 7 nitrogen and oxygen atoms in total. The van der Waals surface area contributed by atoms with Crippen molar-refractivity contribution in [1.82, 2.24) is 15.1 Å². The molecule has 0 aromatic heterocycles. The van der Waals surface area contributed by atoms with Gasteiger partial charge >= 0.3 is 6.03 Å². The fraction of sp³-hybridized carbons (Fsp3) is 0.417. The second kappa shape index (κ2) is 8.59. The zero-order valence-electron chi connectivity index (χ0n) is 18.3. The number of imide groups is 1. The first-order valence-electron chi connectivity index (χ1n) is 10.8. The van der Waals surface area contributed by atoms with Crippen LogP contribution in [-0.2, 0) is 23.3 Å². The molecule has 2 aromatic carbocycles. The number of carbonyl (C=O) groups is 2. The lowest BCUT2D eigenvalue weighted by atomic mass is 9.92. The number of amides is 3. The summed E-state index contributed by atoms with van der Waals surface area (Å²) in [6, 6.07) is 13.1. The number of rotatable bonds is 7. The summed E-state index contributed by atoms with van der Waals surface area (Å²) >= 11 is 0. The average molecular weight is 424 g/mol. The van der Waals surface area contributed by atoms with E-state index in [9.17, 15) is 9.59 Å². The Labute approximate surface area is 182 Å². The quantitative estimate of drug-likeness (QED) is 0.692. The number of nitrogens with one attached hydrogen (secondary N) is 1. The van der Waals surface area contributed by atoms with E-state index in [0.717, 1.165) is 35.6 Å². The topological polar surface area (TPSA) is 71.1 Å². The average Bonchev–Trinajstić information content (AvgIpc) is 2.99. The van der Waals surface area contributed by atoms with Crippen LogP contribution in [0.5, 0.6) is 11.5 Å². The third-order valence-corrected chi connectivity index (χ3v) is 5.92. The summed E-state index contributed by atoms with van der Waals surface area (Å²) in [4.78, 5) is 29.3. The molecule has 0 aliphatic carbocycles. The van der Waals surface area contributed by atoms with E-state index < -0.39 is 5.54 Å². The molecule has 1 atom stereocenters. The Balaban J connectivity index is 1.51. The maximum Gasteiger partial charge on any atom is 0.326 e. The Morgan fingerprint density at radius 3 is 2.29 bits per heavy atom. The van der Waals surface area contributed by atoms with Gasteiger partial charge in [0.15, 0.2) is 11.5 Å². The van der Waals surface area contributed by atoms with Crippen LogP contribution < -0.4 is 14.8 Å². The molecule has 0 unspecified atom stereocenters. The fourth-order valence-electron chi connectivity index (χ4n) is 4.27. The van der Waals surface area contributed by atoms with Crippen LogP contribution in [-0.4, -0.2) is 48.2 Å². The maximum absolute atomic E-state index is 13.2. The van der Waals surface area contributed by atoms with Crippen molar-refractivity contribution in [3.63, 3.8) is 0 Å². The molecule has 0 spiro atoms. The van der Waals surface area contributed by atoms with E-state index in [1.165, 1.54) is 10.5 Å².